The summed E-state index contributed by atoms with van der Waals surface area (Å²) in [6.45, 7) is 0.277. The molecular weight excluding hydrogens is 218 g/mol. The molecule has 17 heavy (non-hydrogen) atoms. The van der Waals surface area contributed by atoms with Gasteiger partial charge in [0.25, 0.3) is 5.91 Å². The first-order valence-electron chi connectivity index (χ1n) is 5.61. The highest BCUT2D eigenvalue weighted by atomic mass is 16.3. The first-order chi connectivity index (χ1) is 8.04. The topological polar surface area (TPSA) is 78.0 Å². The van der Waals surface area contributed by atoms with Gasteiger partial charge in [0.1, 0.15) is 11.8 Å². The summed E-state index contributed by atoms with van der Waals surface area (Å²) in [5.74, 6) is -0.255. The molecule has 2 rings (SSSR count). The first kappa shape index (κ1) is 11.7. The Morgan fingerprint density at radius 3 is 2.88 bits per heavy atom. The van der Waals surface area contributed by atoms with E-state index in [0.717, 1.165) is 19.3 Å². The zero-order valence-corrected chi connectivity index (χ0v) is 9.73. The molecule has 0 saturated heterocycles. The number of aryl methyl sites for hydroxylation is 1. The number of hydrogen-bond acceptors (Lipinski definition) is 3. The van der Waals surface area contributed by atoms with Crippen molar-refractivity contribution in [3.05, 3.63) is 23.5 Å². The van der Waals surface area contributed by atoms with E-state index in [2.05, 4.69) is 5.32 Å². The molecule has 0 radical (unpaired) electrons. The van der Waals surface area contributed by atoms with Gasteiger partial charge in [0.15, 0.2) is 0 Å². The second-order valence-corrected chi connectivity index (χ2v) is 4.60. The number of rotatable bonds is 3. The van der Waals surface area contributed by atoms with Gasteiger partial charge in [0.05, 0.1) is 11.2 Å². The molecule has 1 aliphatic rings. The van der Waals surface area contributed by atoms with Gasteiger partial charge in [-0.3, -0.25) is 4.79 Å². The van der Waals surface area contributed by atoms with E-state index in [-0.39, 0.29) is 12.5 Å². The van der Waals surface area contributed by atoms with Gasteiger partial charge in [-0.1, -0.05) is 0 Å². The Balaban J connectivity index is 1.99. The summed E-state index contributed by atoms with van der Waals surface area (Å²) < 4.78 is 1.61. The van der Waals surface area contributed by atoms with E-state index in [0.29, 0.717) is 11.3 Å². The van der Waals surface area contributed by atoms with E-state index >= 15 is 0 Å². The SMILES string of the molecule is Cn1cc(C#N)cc1C(=O)NCC1(O)CCC1. The number of carbonyl (C=O) groups is 1. The van der Waals surface area contributed by atoms with Crippen LogP contribution in [0.3, 0.4) is 0 Å². The monoisotopic (exact) mass is 233 g/mol. The minimum Gasteiger partial charge on any atom is -0.388 e. The highest BCUT2D eigenvalue weighted by Crippen LogP contribution is 2.30. The average molecular weight is 233 g/mol. The molecular formula is C12H15N3O2. The Bertz CT molecular complexity index is 480. The molecule has 0 spiro atoms. The Kier molecular flexibility index (Phi) is 2.90. The molecule has 1 saturated carbocycles. The molecule has 1 aromatic heterocycles. The van der Waals surface area contributed by atoms with Crippen molar-refractivity contribution < 1.29 is 9.90 Å². The van der Waals surface area contributed by atoms with Gasteiger partial charge >= 0.3 is 0 Å². The number of aromatic nitrogens is 1. The predicted octanol–water partition coefficient (Wildman–Crippen LogP) is 0.542. The fraction of sp³-hybridized carbons (Fsp3) is 0.500. The molecule has 1 amide bonds. The lowest BCUT2D eigenvalue weighted by Crippen LogP contribution is -2.48. The Morgan fingerprint density at radius 1 is 1.71 bits per heavy atom. The van der Waals surface area contributed by atoms with Crippen LogP contribution in [0.1, 0.15) is 35.3 Å². The third-order valence-corrected chi connectivity index (χ3v) is 3.23. The summed E-state index contributed by atoms with van der Waals surface area (Å²) in [4.78, 5) is 11.8. The highest BCUT2D eigenvalue weighted by Gasteiger charge is 2.34. The molecule has 1 aliphatic carbocycles. The molecule has 0 bridgehead atoms. The van der Waals surface area contributed by atoms with Crippen LogP contribution in [0, 0.1) is 11.3 Å². The summed E-state index contributed by atoms with van der Waals surface area (Å²) in [5, 5.41) is 21.3. The van der Waals surface area contributed by atoms with Crippen LogP contribution in [-0.4, -0.2) is 27.7 Å². The zero-order valence-electron chi connectivity index (χ0n) is 9.73. The van der Waals surface area contributed by atoms with Crippen LogP contribution in [-0.2, 0) is 7.05 Å². The predicted molar refractivity (Wildman–Crippen MR) is 61.3 cm³/mol. The first-order valence-corrected chi connectivity index (χ1v) is 5.61. The maximum atomic E-state index is 11.8. The molecule has 1 fully saturated rings. The highest BCUT2D eigenvalue weighted by molar-refractivity contribution is 5.93. The van der Waals surface area contributed by atoms with Crippen molar-refractivity contribution in [3.8, 4) is 6.07 Å². The summed E-state index contributed by atoms with van der Waals surface area (Å²) in [6.07, 6.45) is 4.09. The third kappa shape index (κ3) is 2.32. The molecule has 1 aromatic rings. The number of carbonyl (C=O) groups excluding carboxylic acids is 1. The van der Waals surface area contributed by atoms with Crippen LogP contribution >= 0.6 is 0 Å². The fourth-order valence-electron chi connectivity index (χ4n) is 1.95. The number of aliphatic hydroxyl groups is 1. The standard InChI is InChI=1S/C12H15N3O2/c1-15-7-9(6-13)5-10(15)11(16)14-8-12(17)3-2-4-12/h5,7,17H,2-4,8H2,1H3,(H,14,16). The van der Waals surface area contributed by atoms with Crippen LogP contribution in [0.5, 0.6) is 0 Å². The van der Waals surface area contributed by atoms with Gasteiger partial charge in [0.2, 0.25) is 0 Å². The Labute approximate surface area is 99.7 Å². The quantitative estimate of drug-likeness (QED) is 0.800. The average Bonchev–Trinajstić information content (AvgIpc) is 2.65. The molecule has 0 atom stereocenters. The maximum Gasteiger partial charge on any atom is 0.268 e. The van der Waals surface area contributed by atoms with Crippen LogP contribution < -0.4 is 5.32 Å². The van der Waals surface area contributed by atoms with Crippen molar-refractivity contribution >= 4 is 5.91 Å². The van der Waals surface area contributed by atoms with Crippen molar-refractivity contribution in [2.24, 2.45) is 7.05 Å². The van der Waals surface area contributed by atoms with Crippen molar-refractivity contribution in [3.63, 3.8) is 0 Å². The van der Waals surface area contributed by atoms with Gasteiger partial charge in [-0.15, -0.1) is 0 Å². The Hall–Kier alpha value is -1.80. The molecule has 5 heteroatoms. The van der Waals surface area contributed by atoms with Crippen molar-refractivity contribution in [2.45, 2.75) is 24.9 Å². The number of hydrogen-bond donors (Lipinski definition) is 2. The number of nitriles is 1. The van der Waals surface area contributed by atoms with Crippen LogP contribution in [0.25, 0.3) is 0 Å². The lowest BCUT2D eigenvalue weighted by Gasteiger charge is -2.36. The van der Waals surface area contributed by atoms with Crippen molar-refractivity contribution in [2.75, 3.05) is 6.54 Å². The summed E-state index contributed by atoms with van der Waals surface area (Å²) in [5.41, 5.74) is 0.170. The van der Waals surface area contributed by atoms with Crippen molar-refractivity contribution in [1.82, 2.24) is 9.88 Å². The second kappa shape index (κ2) is 4.22. The van der Waals surface area contributed by atoms with Crippen LogP contribution in [0.15, 0.2) is 12.3 Å². The third-order valence-electron chi connectivity index (χ3n) is 3.23. The van der Waals surface area contributed by atoms with Crippen LogP contribution in [0.2, 0.25) is 0 Å². The van der Waals surface area contributed by atoms with Gasteiger partial charge in [0, 0.05) is 19.8 Å². The van der Waals surface area contributed by atoms with Crippen molar-refractivity contribution in [1.29, 1.82) is 5.26 Å². The second-order valence-electron chi connectivity index (χ2n) is 4.60. The molecule has 0 unspecified atom stereocenters. The molecule has 2 N–H and O–H groups in total. The van der Waals surface area contributed by atoms with Gasteiger partial charge < -0.3 is 15.0 Å². The van der Waals surface area contributed by atoms with Gasteiger partial charge in [-0.2, -0.15) is 5.26 Å². The van der Waals surface area contributed by atoms with Crippen LogP contribution in [0.4, 0.5) is 0 Å². The molecule has 1 heterocycles. The molecule has 5 nitrogen and oxygen atoms in total. The maximum absolute atomic E-state index is 11.8. The van der Waals surface area contributed by atoms with E-state index in [1.807, 2.05) is 6.07 Å². The lowest BCUT2D eigenvalue weighted by molar-refractivity contribution is -0.0301. The summed E-state index contributed by atoms with van der Waals surface area (Å²) in [6, 6.07) is 3.53. The van der Waals surface area contributed by atoms with E-state index in [1.165, 1.54) is 0 Å². The largest absolute Gasteiger partial charge is 0.388 e. The smallest absolute Gasteiger partial charge is 0.268 e. The number of nitrogens with zero attached hydrogens (tertiary/aromatic N) is 2. The molecule has 0 aromatic carbocycles. The fourth-order valence-corrected chi connectivity index (χ4v) is 1.95. The summed E-state index contributed by atoms with van der Waals surface area (Å²) in [7, 11) is 1.72. The normalized spacial score (nSPS) is 17.0. The Morgan fingerprint density at radius 2 is 2.41 bits per heavy atom. The molecule has 0 aliphatic heterocycles. The minimum absolute atomic E-state index is 0.255. The number of nitrogens with one attached hydrogen (secondary N) is 1. The van der Waals surface area contributed by atoms with E-state index in [9.17, 15) is 9.90 Å². The van der Waals surface area contributed by atoms with Gasteiger partial charge in [-0.05, 0) is 25.3 Å². The van der Waals surface area contributed by atoms with E-state index < -0.39 is 5.60 Å². The minimum atomic E-state index is -0.723. The molecule has 90 valence electrons. The van der Waals surface area contributed by atoms with E-state index in [1.54, 1.807) is 23.9 Å². The van der Waals surface area contributed by atoms with Gasteiger partial charge in [-0.25, -0.2) is 0 Å². The lowest BCUT2D eigenvalue weighted by atomic mass is 9.80. The summed E-state index contributed by atoms with van der Waals surface area (Å²) >= 11 is 0. The number of amides is 1. The van der Waals surface area contributed by atoms with E-state index in [4.69, 9.17) is 5.26 Å². The zero-order chi connectivity index (χ0) is 12.5.